The molecule has 3 aliphatic rings. The number of hydrogen-bond acceptors (Lipinski definition) is 13. The molecule has 3 fully saturated rings. The molecule has 1 saturated carbocycles. The van der Waals surface area contributed by atoms with E-state index in [1.165, 1.54) is 27.4 Å². The first-order valence-electron chi connectivity index (χ1n) is 21.7. The summed E-state index contributed by atoms with van der Waals surface area (Å²) in [6.07, 6.45) is -0.527. The number of aliphatic hydroxyl groups is 2. The van der Waals surface area contributed by atoms with E-state index < -0.39 is 72.3 Å². The fourth-order valence-corrected chi connectivity index (χ4v) is 11.3. The lowest BCUT2D eigenvalue weighted by atomic mass is 9.88. The third kappa shape index (κ3) is 11.7. The Kier molecular flexibility index (Phi) is 14.7. The highest BCUT2D eigenvalue weighted by Gasteiger charge is 2.55. The van der Waals surface area contributed by atoms with Gasteiger partial charge >= 0.3 is 12.2 Å². The second-order valence-electron chi connectivity index (χ2n) is 18.8. The van der Waals surface area contributed by atoms with Crippen LogP contribution in [-0.2, 0) is 40.6 Å². The van der Waals surface area contributed by atoms with Crippen molar-refractivity contribution in [2.45, 2.75) is 131 Å². The van der Waals surface area contributed by atoms with Crippen molar-refractivity contribution in [3.63, 3.8) is 0 Å². The molecule has 6 rings (SSSR count). The van der Waals surface area contributed by atoms with Crippen LogP contribution in [0.4, 0.5) is 9.59 Å². The van der Waals surface area contributed by atoms with Crippen molar-refractivity contribution in [3.8, 4) is 22.6 Å². The summed E-state index contributed by atoms with van der Waals surface area (Å²) in [4.78, 5) is 27.3. The molecule has 16 nitrogen and oxygen atoms in total. The van der Waals surface area contributed by atoms with Crippen molar-refractivity contribution in [1.82, 2.24) is 14.5 Å². The Bertz CT molecular complexity index is 2350. The number of sulfone groups is 1. The summed E-state index contributed by atoms with van der Waals surface area (Å²) in [5.74, 6) is 0.450. The number of alkyl carbamates (subject to hydrolysis) is 1. The normalized spacial score (nSPS) is 19.1. The van der Waals surface area contributed by atoms with Gasteiger partial charge in [-0.15, -0.1) is 0 Å². The molecule has 2 aliphatic heterocycles. The molecule has 3 aromatic carbocycles. The fraction of sp³-hybridized carbons (Fsp3) is 0.565. The van der Waals surface area contributed by atoms with E-state index in [4.69, 9.17) is 23.7 Å². The minimum absolute atomic E-state index is 0.0198. The number of carbonyl (C=O) groups is 2. The van der Waals surface area contributed by atoms with Gasteiger partial charge in [-0.25, -0.2) is 26.4 Å². The van der Waals surface area contributed by atoms with Gasteiger partial charge in [-0.1, -0.05) is 36.4 Å². The molecule has 2 saturated heterocycles. The molecule has 1 spiro atoms. The Morgan fingerprint density at radius 2 is 1.55 bits per heavy atom. The average Bonchev–Trinajstić information content (AvgIpc) is 3.96. The van der Waals surface area contributed by atoms with Gasteiger partial charge in [0.15, 0.2) is 9.84 Å². The lowest BCUT2D eigenvalue weighted by molar-refractivity contribution is -0.0329. The van der Waals surface area contributed by atoms with Gasteiger partial charge in [-0.05, 0) is 128 Å². The summed E-state index contributed by atoms with van der Waals surface area (Å²) < 4.78 is 84.5. The van der Waals surface area contributed by atoms with Crippen LogP contribution in [0.5, 0.6) is 11.5 Å². The van der Waals surface area contributed by atoms with Crippen LogP contribution in [0.2, 0.25) is 0 Å². The van der Waals surface area contributed by atoms with Crippen molar-refractivity contribution < 1.29 is 60.3 Å². The Hall–Kier alpha value is -4.46. The summed E-state index contributed by atoms with van der Waals surface area (Å²) >= 11 is 0. The zero-order valence-corrected chi connectivity index (χ0v) is 39.4. The summed E-state index contributed by atoms with van der Waals surface area (Å²) in [6.45, 7) is 12.5. The van der Waals surface area contributed by atoms with Crippen LogP contribution in [-0.4, -0.2) is 128 Å². The van der Waals surface area contributed by atoms with Gasteiger partial charge < -0.3 is 44.1 Å². The number of piperidine rings is 1. The molecular weight excluding hydrogens is 867 g/mol. The number of nitrogens with one attached hydrogen (secondary N) is 1. The van der Waals surface area contributed by atoms with Gasteiger partial charge in [0.1, 0.15) is 40.3 Å². The second-order valence-corrected chi connectivity index (χ2v) is 23.1. The maximum absolute atomic E-state index is 14.4. The minimum atomic E-state index is -4.04. The van der Waals surface area contributed by atoms with Gasteiger partial charge in [0, 0.05) is 19.6 Å². The van der Waals surface area contributed by atoms with Crippen molar-refractivity contribution in [1.29, 1.82) is 0 Å². The van der Waals surface area contributed by atoms with Gasteiger partial charge in [-0.2, -0.15) is 4.31 Å². The Labute approximate surface area is 377 Å². The van der Waals surface area contributed by atoms with Crippen molar-refractivity contribution >= 4 is 32.0 Å². The van der Waals surface area contributed by atoms with Crippen LogP contribution in [0, 0.1) is 0 Å². The van der Waals surface area contributed by atoms with E-state index in [2.05, 4.69) is 5.32 Å². The molecule has 3 aromatic rings. The Morgan fingerprint density at radius 3 is 2.16 bits per heavy atom. The first kappa shape index (κ1) is 49.0. The molecule has 3 N–H and O–H groups in total. The number of benzene rings is 3. The fourth-order valence-electron chi connectivity index (χ4n) is 7.91. The molecular formula is C46H63N3O13S2. The van der Waals surface area contributed by atoms with E-state index in [0.29, 0.717) is 37.7 Å². The Morgan fingerprint density at radius 1 is 0.891 bits per heavy atom. The van der Waals surface area contributed by atoms with E-state index in [1.54, 1.807) is 66.7 Å². The summed E-state index contributed by atoms with van der Waals surface area (Å²) in [6, 6.07) is 17.9. The van der Waals surface area contributed by atoms with Crippen LogP contribution in [0.3, 0.4) is 0 Å². The van der Waals surface area contributed by atoms with E-state index in [9.17, 15) is 36.6 Å². The maximum Gasteiger partial charge on any atom is 0.410 e. The quantitative estimate of drug-likeness (QED) is 0.149. The second kappa shape index (κ2) is 19.2. The summed E-state index contributed by atoms with van der Waals surface area (Å²) in [5, 5.41) is 23.7. The number of aliphatic hydroxyl groups excluding tert-OH is 2. The lowest BCUT2D eigenvalue weighted by Gasteiger charge is -2.38. The number of sulfonamides is 1. The molecule has 0 radical (unpaired) electrons. The largest absolute Gasteiger partial charge is 0.492 e. The van der Waals surface area contributed by atoms with Crippen LogP contribution in [0.25, 0.3) is 11.1 Å². The van der Waals surface area contributed by atoms with E-state index in [0.717, 1.165) is 11.1 Å². The standard InChI is InChI=1S/C46H63N3O13S2/c1-8-58-39-17-16-34(33-14-12-32(13-15-33)27-47-41(52)61-43(2,3)4)24-40(39)64(56,57)48-22-20-45(21-23-48)26-35(29-60-45)49(42(53)62-44(5,6)7)28-36(51)30-59-37-10-9-11-38(25-37)63(54,55)46(31-50)18-19-46/h9-17,24-25,35-36,50-51H,8,18-23,26-31H2,1-7H3,(H,47,52)/t35-,36-/m0/s1. The number of amides is 2. The van der Waals surface area contributed by atoms with Gasteiger partial charge in [-0.3, -0.25) is 0 Å². The topological polar surface area (TPSA) is 208 Å². The molecule has 2 atom stereocenters. The highest BCUT2D eigenvalue weighted by Crippen LogP contribution is 2.47. The number of hydrogen-bond donors (Lipinski definition) is 3. The Balaban J connectivity index is 1.10. The summed E-state index contributed by atoms with van der Waals surface area (Å²) in [7, 11) is -7.83. The van der Waals surface area contributed by atoms with Crippen molar-refractivity contribution in [3.05, 3.63) is 72.3 Å². The van der Waals surface area contributed by atoms with Crippen LogP contribution in [0.1, 0.15) is 86.1 Å². The third-order valence-corrected chi connectivity index (χ3v) is 16.0. The van der Waals surface area contributed by atoms with Crippen LogP contribution >= 0.6 is 0 Å². The molecule has 0 bridgehead atoms. The molecule has 0 unspecified atom stereocenters. The van der Waals surface area contributed by atoms with E-state index in [1.807, 2.05) is 30.3 Å². The monoisotopic (exact) mass is 929 g/mol. The SMILES string of the molecule is CCOc1ccc(-c2ccc(CNC(=O)OC(C)(C)C)cc2)cc1S(=O)(=O)N1CCC2(CC1)C[C@H](N(C[C@H](O)COc1cccc(S(=O)(=O)C3(CO)CC3)c1)C(=O)OC(C)(C)C)CO2. The summed E-state index contributed by atoms with van der Waals surface area (Å²) in [5.41, 5.74) is 0.0989. The smallest absolute Gasteiger partial charge is 0.410 e. The highest BCUT2D eigenvalue weighted by molar-refractivity contribution is 7.93. The van der Waals surface area contributed by atoms with E-state index >= 15 is 0 Å². The number of ether oxygens (including phenoxy) is 5. The first-order chi connectivity index (χ1) is 30.0. The first-order valence-corrected chi connectivity index (χ1v) is 24.6. The number of rotatable bonds is 16. The van der Waals surface area contributed by atoms with E-state index in [-0.39, 0.29) is 67.3 Å². The van der Waals surface area contributed by atoms with Crippen molar-refractivity contribution in [2.24, 2.45) is 0 Å². The average molecular weight is 930 g/mol. The third-order valence-electron chi connectivity index (χ3n) is 11.5. The van der Waals surface area contributed by atoms with Crippen molar-refractivity contribution in [2.75, 3.05) is 46.1 Å². The van der Waals surface area contributed by atoms with Gasteiger partial charge in [0.2, 0.25) is 10.0 Å². The number of nitrogens with zero attached hydrogens (tertiary/aromatic N) is 2. The lowest BCUT2D eigenvalue weighted by Crippen LogP contribution is -2.50. The molecule has 0 aromatic heterocycles. The predicted octanol–water partition coefficient (Wildman–Crippen LogP) is 6.06. The van der Waals surface area contributed by atoms with Gasteiger partial charge in [0.25, 0.3) is 0 Å². The molecule has 64 heavy (non-hydrogen) atoms. The van der Waals surface area contributed by atoms with Gasteiger partial charge in [0.05, 0.1) is 47.7 Å². The molecule has 1 aliphatic carbocycles. The zero-order chi connectivity index (χ0) is 46.7. The molecule has 2 heterocycles. The maximum atomic E-state index is 14.4. The number of carbonyl (C=O) groups excluding carboxylic acids is 2. The zero-order valence-electron chi connectivity index (χ0n) is 37.8. The van der Waals surface area contributed by atoms with Crippen LogP contribution in [0.15, 0.2) is 76.5 Å². The molecule has 352 valence electrons. The molecule has 18 heteroatoms. The minimum Gasteiger partial charge on any atom is -0.492 e. The predicted molar refractivity (Wildman–Crippen MR) is 238 cm³/mol. The molecule has 2 amide bonds. The highest BCUT2D eigenvalue weighted by atomic mass is 32.2. The van der Waals surface area contributed by atoms with Crippen LogP contribution < -0.4 is 14.8 Å².